The van der Waals surface area contributed by atoms with Crippen LogP contribution in [0.4, 0.5) is 10.1 Å². The molecule has 0 radical (unpaired) electrons. The second kappa shape index (κ2) is 16.7. The summed E-state index contributed by atoms with van der Waals surface area (Å²) in [5.74, 6) is -1.21. The van der Waals surface area contributed by atoms with Gasteiger partial charge in [0.1, 0.15) is 29.8 Å². The number of halogens is 2. The van der Waals surface area contributed by atoms with Crippen molar-refractivity contribution >= 4 is 40.9 Å². The lowest BCUT2D eigenvalue weighted by Gasteiger charge is -2.63. The van der Waals surface area contributed by atoms with Crippen LogP contribution in [0.5, 0.6) is 5.75 Å². The Morgan fingerprint density at radius 1 is 1.02 bits per heavy atom. The molecular formula is C44H51ClFN7O5. The maximum absolute atomic E-state index is 15.3. The van der Waals surface area contributed by atoms with E-state index >= 15 is 4.39 Å². The maximum atomic E-state index is 15.3. The van der Waals surface area contributed by atoms with E-state index in [0.29, 0.717) is 46.2 Å². The zero-order valence-corrected chi connectivity index (χ0v) is 34.3. The van der Waals surface area contributed by atoms with E-state index in [1.807, 2.05) is 17.0 Å². The monoisotopic (exact) mass is 811 g/mol. The first kappa shape index (κ1) is 41.1. The zero-order chi connectivity index (χ0) is 41.4. The van der Waals surface area contributed by atoms with E-state index in [4.69, 9.17) is 16.3 Å². The second-order valence-corrected chi connectivity index (χ2v) is 17.6. The van der Waals surface area contributed by atoms with Crippen LogP contribution in [0.2, 0.25) is 5.02 Å². The highest BCUT2D eigenvalue weighted by Gasteiger charge is 2.64. The normalized spacial score (nSPS) is 22.5. The fourth-order valence-electron chi connectivity index (χ4n) is 9.54. The number of carbonyl (C=O) groups excluding carboxylic acids is 4. The molecule has 1 atom stereocenters. The molecule has 2 N–H and O–H groups in total. The first-order valence-electron chi connectivity index (χ1n) is 20.2. The first-order valence-corrected chi connectivity index (χ1v) is 20.6. The fraction of sp³-hybridized carbons (Fsp3) is 0.500. The van der Waals surface area contributed by atoms with Gasteiger partial charge in [-0.15, -0.1) is 0 Å². The highest BCUT2D eigenvalue weighted by molar-refractivity contribution is 6.31. The number of carbonyl (C=O) groups is 4. The summed E-state index contributed by atoms with van der Waals surface area (Å²) in [6, 6.07) is 13.1. The lowest BCUT2D eigenvalue weighted by molar-refractivity contribution is -0.164. The number of aromatic nitrogens is 1. The average Bonchev–Trinajstić information content (AvgIpc) is 3.51. The van der Waals surface area contributed by atoms with Gasteiger partial charge in [0.05, 0.1) is 21.8 Å². The van der Waals surface area contributed by atoms with Crippen LogP contribution in [0, 0.1) is 28.0 Å². The largest absolute Gasteiger partial charge is 0.489 e. The summed E-state index contributed by atoms with van der Waals surface area (Å²) in [4.78, 5) is 60.8. The van der Waals surface area contributed by atoms with E-state index in [0.717, 1.165) is 57.4 Å². The number of hydrogen-bond acceptors (Lipinski definition) is 9. The van der Waals surface area contributed by atoms with Crippen molar-refractivity contribution in [1.82, 2.24) is 25.4 Å². The third-order valence-electron chi connectivity index (χ3n) is 12.5. The number of piperidine rings is 1. The number of piperazine rings is 1. The molecule has 3 fully saturated rings. The summed E-state index contributed by atoms with van der Waals surface area (Å²) < 4.78 is 21.7. The van der Waals surface area contributed by atoms with E-state index in [9.17, 15) is 24.4 Å². The summed E-state index contributed by atoms with van der Waals surface area (Å²) in [5.41, 5.74) is 2.62. The van der Waals surface area contributed by atoms with Gasteiger partial charge in [-0.25, -0.2) is 4.39 Å². The van der Waals surface area contributed by atoms with E-state index in [1.165, 1.54) is 11.0 Å². The van der Waals surface area contributed by atoms with Crippen molar-refractivity contribution in [3.63, 3.8) is 0 Å². The molecule has 1 saturated carbocycles. The number of imide groups is 1. The minimum Gasteiger partial charge on any atom is -0.489 e. The van der Waals surface area contributed by atoms with Crippen molar-refractivity contribution in [1.29, 1.82) is 5.26 Å². The van der Waals surface area contributed by atoms with Crippen molar-refractivity contribution in [2.45, 2.75) is 97.4 Å². The van der Waals surface area contributed by atoms with E-state index in [1.54, 1.807) is 30.5 Å². The summed E-state index contributed by atoms with van der Waals surface area (Å²) in [6.07, 6.45) is 6.98. The van der Waals surface area contributed by atoms with Gasteiger partial charge >= 0.3 is 0 Å². The Hall–Kier alpha value is -5.06. The number of unbranched alkanes of at least 4 members (excludes halogenated alkanes) is 3. The Morgan fingerprint density at radius 2 is 1.76 bits per heavy atom. The molecule has 4 amide bonds. The third kappa shape index (κ3) is 8.27. The highest BCUT2D eigenvalue weighted by atomic mass is 35.5. The topological polar surface area (TPSA) is 148 Å². The lowest BCUT2D eigenvalue weighted by atomic mass is 9.49. The van der Waals surface area contributed by atoms with Crippen molar-refractivity contribution in [2.75, 3.05) is 37.6 Å². The van der Waals surface area contributed by atoms with E-state index < -0.39 is 17.8 Å². The quantitative estimate of drug-likeness (QED) is 0.156. The lowest BCUT2D eigenvalue weighted by Crippen LogP contribution is -2.74. The molecule has 4 heterocycles. The fourth-order valence-corrected chi connectivity index (χ4v) is 9.76. The Balaban J connectivity index is 0.801. The molecule has 3 aliphatic heterocycles. The number of aryl methyl sites for hydroxylation is 1. The molecule has 7 rings (SSSR count). The van der Waals surface area contributed by atoms with E-state index in [-0.39, 0.29) is 65.6 Å². The Bertz CT molecular complexity index is 2110. The Kier molecular flexibility index (Phi) is 11.8. The second-order valence-electron chi connectivity index (χ2n) is 17.2. The van der Waals surface area contributed by atoms with Crippen LogP contribution >= 0.6 is 11.6 Å². The molecular weight excluding hydrogens is 761 g/mol. The van der Waals surface area contributed by atoms with Crippen molar-refractivity contribution < 1.29 is 28.3 Å². The van der Waals surface area contributed by atoms with Gasteiger partial charge in [0.15, 0.2) is 0 Å². The van der Waals surface area contributed by atoms with Crippen LogP contribution < -0.4 is 20.3 Å². The predicted octanol–water partition coefficient (Wildman–Crippen LogP) is 6.04. The van der Waals surface area contributed by atoms with Crippen LogP contribution in [-0.4, -0.2) is 89.3 Å². The van der Waals surface area contributed by atoms with Crippen LogP contribution in [0.3, 0.4) is 0 Å². The molecule has 58 heavy (non-hydrogen) atoms. The molecule has 0 bridgehead atoms. The molecule has 0 spiro atoms. The number of nitrogens with one attached hydrogen (secondary N) is 2. The molecule has 3 aromatic rings. The van der Waals surface area contributed by atoms with Crippen molar-refractivity contribution in [3.8, 4) is 11.8 Å². The minimum absolute atomic E-state index is 0.141. The number of benzene rings is 2. The summed E-state index contributed by atoms with van der Waals surface area (Å²) >= 11 is 6.23. The molecule has 306 valence electrons. The first-order chi connectivity index (χ1) is 27.7. The molecule has 4 aliphatic rings. The molecule has 1 aliphatic carbocycles. The number of anilines is 1. The zero-order valence-electron chi connectivity index (χ0n) is 33.6. The van der Waals surface area contributed by atoms with Gasteiger partial charge in [0.25, 0.3) is 11.8 Å². The SMILES string of the molecule is CC1(C)C(NC(=O)c2ccc(CCCCCCN3CCN(c4cc5c(cc4F)C(=O)N([C@@H]4CCC(=O)NC4=O)C5)CC3)nc2)C(C)(C)C1Oc1ccc(C#N)c(Cl)c1. The number of nitriles is 1. The smallest absolute Gasteiger partial charge is 0.255 e. The highest BCUT2D eigenvalue weighted by Crippen LogP contribution is 2.55. The minimum atomic E-state index is -0.726. The van der Waals surface area contributed by atoms with Crippen LogP contribution in [0.25, 0.3) is 0 Å². The van der Waals surface area contributed by atoms with Gasteiger partial charge < -0.3 is 19.9 Å². The molecule has 14 heteroatoms. The summed E-state index contributed by atoms with van der Waals surface area (Å²) in [6.45, 7) is 12.5. The summed E-state index contributed by atoms with van der Waals surface area (Å²) in [5, 5.41) is 15.1. The molecule has 12 nitrogen and oxygen atoms in total. The van der Waals surface area contributed by atoms with Gasteiger partial charge in [0, 0.05) is 79.5 Å². The van der Waals surface area contributed by atoms with E-state index in [2.05, 4.69) is 54.3 Å². The van der Waals surface area contributed by atoms with Crippen LogP contribution in [-0.2, 0) is 22.6 Å². The van der Waals surface area contributed by atoms with Crippen LogP contribution in [0.15, 0.2) is 48.7 Å². The Labute approximate surface area is 344 Å². The van der Waals surface area contributed by atoms with Crippen LogP contribution in [0.1, 0.15) is 104 Å². The standard InChI is InChI=1S/C44H51ClFN7O5/c1-43(2)41(44(3,4)42(43)58-31-13-11-27(24-47)33(45)22-31)50-38(55)28-10-12-30(48-25-28)9-7-5-6-8-16-51-17-19-52(20-18-51)36-21-29-26-53(40(57)32(29)23-34(36)46)35-14-15-37(54)49-39(35)56/h10-13,21-23,25,35,41-42H,5-9,14-20,26H2,1-4H3,(H,50,55)(H,49,54,56)/t35-,41?,42?/m1/s1. The maximum Gasteiger partial charge on any atom is 0.255 e. The molecule has 2 saturated heterocycles. The van der Waals surface area contributed by atoms with Gasteiger partial charge in [0.2, 0.25) is 11.8 Å². The number of fused-ring (bicyclic) bond motifs is 1. The Morgan fingerprint density at radius 3 is 2.43 bits per heavy atom. The number of rotatable bonds is 13. The molecule has 0 unspecified atom stereocenters. The number of hydrogen-bond donors (Lipinski definition) is 2. The molecule has 2 aromatic carbocycles. The number of pyridine rings is 1. The third-order valence-corrected chi connectivity index (χ3v) is 12.8. The number of amides is 4. The number of ether oxygens (including phenoxy) is 1. The van der Waals surface area contributed by atoms with Crippen molar-refractivity contribution in [3.05, 3.63) is 87.4 Å². The van der Waals surface area contributed by atoms with Gasteiger partial charge in [-0.05, 0) is 74.2 Å². The summed E-state index contributed by atoms with van der Waals surface area (Å²) in [7, 11) is 0. The van der Waals surface area contributed by atoms with Gasteiger partial charge in [-0.2, -0.15) is 5.26 Å². The van der Waals surface area contributed by atoms with Crippen molar-refractivity contribution in [2.24, 2.45) is 10.8 Å². The van der Waals surface area contributed by atoms with Gasteiger partial charge in [-0.3, -0.25) is 34.4 Å². The molecule has 1 aromatic heterocycles. The predicted molar refractivity (Wildman–Crippen MR) is 217 cm³/mol. The van der Waals surface area contributed by atoms with Gasteiger partial charge in [-0.1, -0.05) is 52.1 Å². The average molecular weight is 812 g/mol. The number of nitrogens with zero attached hydrogens (tertiary/aromatic N) is 5.